The lowest BCUT2D eigenvalue weighted by Gasteiger charge is -2.15. The first-order valence-corrected chi connectivity index (χ1v) is 7.98. The molecule has 1 atom stereocenters. The van der Waals surface area contributed by atoms with Gasteiger partial charge in [-0.25, -0.2) is 13.9 Å². The summed E-state index contributed by atoms with van der Waals surface area (Å²) in [5.41, 5.74) is 0.551. The van der Waals surface area contributed by atoms with Crippen LogP contribution >= 0.6 is 0 Å². The van der Waals surface area contributed by atoms with E-state index in [1.54, 1.807) is 6.07 Å². The Balaban J connectivity index is 2.13. The number of carbonyl (C=O) groups excluding carboxylic acids is 1. The zero-order chi connectivity index (χ0) is 18.4. The molecule has 0 unspecified atom stereocenters. The van der Waals surface area contributed by atoms with Crippen LogP contribution in [0.4, 0.5) is 14.9 Å². The maximum absolute atomic E-state index is 14.4. The van der Waals surface area contributed by atoms with Crippen molar-refractivity contribution in [1.82, 2.24) is 25.5 Å². The topological polar surface area (TPSA) is 109 Å². The summed E-state index contributed by atoms with van der Waals surface area (Å²) in [6.07, 6.45) is 0.848. The number of tetrazole rings is 1. The van der Waals surface area contributed by atoms with Crippen molar-refractivity contribution in [1.29, 1.82) is 5.26 Å². The number of anilines is 1. The molecule has 2 amide bonds. The van der Waals surface area contributed by atoms with E-state index in [-0.39, 0.29) is 24.1 Å². The average Bonchev–Trinajstić information content (AvgIpc) is 3.04. The average molecular weight is 345 g/mol. The number of nitriles is 1. The Bertz CT molecular complexity index is 781. The third-order valence-corrected chi connectivity index (χ3v) is 3.62. The summed E-state index contributed by atoms with van der Waals surface area (Å²) >= 11 is 0. The Morgan fingerprint density at radius 2 is 2.20 bits per heavy atom. The summed E-state index contributed by atoms with van der Waals surface area (Å²) in [7, 11) is 0. The lowest BCUT2D eigenvalue weighted by atomic mass is 10.1. The molecule has 0 aliphatic rings. The van der Waals surface area contributed by atoms with E-state index in [9.17, 15) is 9.18 Å². The van der Waals surface area contributed by atoms with Crippen LogP contribution in [-0.4, -0.2) is 32.3 Å². The minimum Gasteiger partial charge on any atom is -0.334 e. The van der Waals surface area contributed by atoms with Crippen LogP contribution in [0.2, 0.25) is 0 Å². The maximum Gasteiger partial charge on any atom is 0.319 e. The van der Waals surface area contributed by atoms with Crippen molar-refractivity contribution in [3.05, 3.63) is 24.0 Å². The molecule has 0 radical (unpaired) electrons. The van der Waals surface area contributed by atoms with Crippen LogP contribution < -0.4 is 10.6 Å². The predicted octanol–water partition coefficient (Wildman–Crippen LogP) is 2.87. The molecule has 1 aromatic heterocycles. The van der Waals surface area contributed by atoms with Gasteiger partial charge >= 0.3 is 6.03 Å². The second-order valence-electron chi connectivity index (χ2n) is 5.80. The Morgan fingerprint density at radius 3 is 2.80 bits per heavy atom. The Labute approximate surface area is 145 Å². The SMILES string of the molecule is CC[C@@H](CC#N)NC(=O)Nc1ccc(-c2nnnn2C(C)C)c(F)c1. The first-order valence-electron chi connectivity index (χ1n) is 7.98. The molecule has 0 saturated heterocycles. The van der Waals surface area contributed by atoms with Gasteiger partial charge in [0.25, 0.3) is 0 Å². The van der Waals surface area contributed by atoms with Gasteiger partial charge in [-0.15, -0.1) is 5.10 Å². The molecule has 0 aliphatic heterocycles. The highest BCUT2D eigenvalue weighted by Gasteiger charge is 2.16. The minimum absolute atomic E-state index is 0.0147. The van der Waals surface area contributed by atoms with E-state index in [2.05, 4.69) is 26.2 Å². The number of benzene rings is 1. The maximum atomic E-state index is 14.4. The number of nitrogens with zero attached hydrogens (tertiary/aromatic N) is 5. The highest BCUT2D eigenvalue weighted by Crippen LogP contribution is 2.24. The van der Waals surface area contributed by atoms with Gasteiger partial charge in [0.15, 0.2) is 5.82 Å². The predicted molar refractivity (Wildman–Crippen MR) is 90.1 cm³/mol. The van der Waals surface area contributed by atoms with Gasteiger partial charge in [-0.05, 0) is 48.9 Å². The number of urea groups is 1. The van der Waals surface area contributed by atoms with Crippen LogP contribution in [0.25, 0.3) is 11.4 Å². The second-order valence-corrected chi connectivity index (χ2v) is 5.80. The van der Waals surface area contributed by atoms with Gasteiger partial charge in [0.1, 0.15) is 5.82 Å². The Kier molecular flexibility index (Phi) is 6.00. The first kappa shape index (κ1) is 18.3. The van der Waals surface area contributed by atoms with Gasteiger partial charge in [0.05, 0.1) is 24.1 Å². The molecule has 9 heteroatoms. The van der Waals surface area contributed by atoms with Crippen LogP contribution in [0.3, 0.4) is 0 Å². The zero-order valence-corrected chi connectivity index (χ0v) is 14.3. The molecule has 1 heterocycles. The fraction of sp³-hybridized carbons (Fsp3) is 0.438. The van der Waals surface area contributed by atoms with Crippen LogP contribution in [0.1, 0.15) is 39.7 Å². The number of nitrogens with one attached hydrogen (secondary N) is 2. The molecule has 0 saturated carbocycles. The lowest BCUT2D eigenvalue weighted by Crippen LogP contribution is -2.37. The normalized spacial score (nSPS) is 11.8. The second kappa shape index (κ2) is 8.19. The summed E-state index contributed by atoms with van der Waals surface area (Å²) in [6.45, 7) is 5.66. The molecule has 0 aliphatic carbocycles. The van der Waals surface area contributed by atoms with E-state index < -0.39 is 11.8 Å². The first-order chi connectivity index (χ1) is 12.0. The summed E-state index contributed by atoms with van der Waals surface area (Å²) < 4.78 is 16.0. The van der Waals surface area contributed by atoms with Gasteiger partial charge in [0, 0.05) is 11.7 Å². The fourth-order valence-corrected chi connectivity index (χ4v) is 2.25. The summed E-state index contributed by atoms with van der Waals surface area (Å²) in [4.78, 5) is 11.9. The highest BCUT2D eigenvalue weighted by molar-refractivity contribution is 5.89. The van der Waals surface area contributed by atoms with E-state index >= 15 is 0 Å². The van der Waals surface area contributed by atoms with Crippen molar-refractivity contribution in [2.75, 3.05) is 5.32 Å². The minimum atomic E-state index is -0.543. The molecule has 2 aromatic rings. The van der Waals surface area contributed by atoms with Crippen molar-refractivity contribution >= 4 is 11.7 Å². The molecule has 0 spiro atoms. The summed E-state index contributed by atoms with van der Waals surface area (Å²) in [5.74, 6) is -0.220. The molecule has 0 bridgehead atoms. The van der Waals surface area contributed by atoms with Gasteiger partial charge in [-0.1, -0.05) is 6.92 Å². The van der Waals surface area contributed by atoms with E-state index in [4.69, 9.17) is 5.26 Å². The number of amides is 2. The molecular formula is C16H20FN7O. The highest BCUT2D eigenvalue weighted by atomic mass is 19.1. The number of halogens is 1. The zero-order valence-electron chi connectivity index (χ0n) is 14.3. The van der Waals surface area contributed by atoms with E-state index in [1.165, 1.54) is 16.8 Å². The van der Waals surface area contributed by atoms with E-state index in [1.807, 2.05) is 26.8 Å². The molecular weight excluding hydrogens is 325 g/mol. The largest absolute Gasteiger partial charge is 0.334 e. The smallest absolute Gasteiger partial charge is 0.319 e. The molecule has 8 nitrogen and oxygen atoms in total. The van der Waals surface area contributed by atoms with Crippen molar-refractivity contribution in [2.45, 2.75) is 45.7 Å². The fourth-order valence-electron chi connectivity index (χ4n) is 2.25. The Hall–Kier alpha value is -3.02. The van der Waals surface area contributed by atoms with Crippen molar-refractivity contribution < 1.29 is 9.18 Å². The Morgan fingerprint density at radius 1 is 1.44 bits per heavy atom. The van der Waals surface area contributed by atoms with Crippen molar-refractivity contribution in [2.24, 2.45) is 0 Å². The standard InChI is InChI=1S/C16H20FN7O/c1-4-11(7-8-18)19-16(25)20-12-5-6-13(14(17)9-12)15-21-22-23-24(15)10(2)3/h5-6,9-11H,4,7H2,1-3H3,(H2,19,20,25)/t11-/m0/s1. The van der Waals surface area contributed by atoms with Crippen LogP contribution in [0.5, 0.6) is 0 Å². The lowest BCUT2D eigenvalue weighted by molar-refractivity contribution is 0.248. The van der Waals surface area contributed by atoms with E-state index in [0.29, 0.717) is 17.9 Å². The van der Waals surface area contributed by atoms with Gasteiger partial charge < -0.3 is 10.6 Å². The van der Waals surface area contributed by atoms with Crippen molar-refractivity contribution in [3.63, 3.8) is 0 Å². The summed E-state index contributed by atoms with van der Waals surface area (Å²) in [6, 6.07) is 5.56. The molecule has 2 N–H and O–H groups in total. The third kappa shape index (κ3) is 4.50. The number of hydrogen-bond acceptors (Lipinski definition) is 5. The van der Waals surface area contributed by atoms with Crippen LogP contribution in [0, 0.1) is 17.1 Å². The summed E-state index contributed by atoms with van der Waals surface area (Å²) in [5, 5.41) is 25.2. The van der Waals surface area contributed by atoms with Gasteiger partial charge in [-0.3, -0.25) is 0 Å². The molecule has 0 fully saturated rings. The van der Waals surface area contributed by atoms with Crippen LogP contribution in [0.15, 0.2) is 18.2 Å². The number of hydrogen-bond donors (Lipinski definition) is 2. The molecule has 2 rings (SSSR count). The van der Waals surface area contributed by atoms with Gasteiger partial charge in [-0.2, -0.15) is 5.26 Å². The molecule has 25 heavy (non-hydrogen) atoms. The van der Waals surface area contributed by atoms with Crippen molar-refractivity contribution in [3.8, 4) is 17.5 Å². The van der Waals surface area contributed by atoms with Gasteiger partial charge in [0.2, 0.25) is 0 Å². The number of carbonyl (C=O) groups is 1. The molecule has 1 aromatic carbocycles. The number of aromatic nitrogens is 4. The quantitative estimate of drug-likeness (QED) is 0.837. The molecule has 132 valence electrons. The number of rotatable bonds is 6. The van der Waals surface area contributed by atoms with Crippen LogP contribution in [-0.2, 0) is 0 Å². The monoisotopic (exact) mass is 345 g/mol. The van der Waals surface area contributed by atoms with E-state index in [0.717, 1.165) is 0 Å². The third-order valence-electron chi connectivity index (χ3n) is 3.62.